The predicted octanol–water partition coefficient (Wildman–Crippen LogP) is -1.89. The molecular formula is C13H22N6O4. The average Bonchev–Trinajstić information content (AvgIpc) is 3.04. The summed E-state index contributed by atoms with van der Waals surface area (Å²) in [7, 11) is 0. The zero-order valence-electron chi connectivity index (χ0n) is 12.8. The first-order chi connectivity index (χ1) is 11.0. The van der Waals surface area contributed by atoms with Crippen LogP contribution in [0.3, 0.4) is 0 Å². The molecule has 23 heavy (non-hydrogen) atoms. The molecule has 2 rings (SSSR count). The Labute approximate surface area is 133 Å². The van der Waals surface area contributed by atoms with E-state index in [9.17, 15) is 9.59 Å². The van der Waals surface area contributed by atoms with E-state index in [1.54, 1.807) is 4.90 Å². The topological polar surface area (TPSA) is 147 Å². The monoisotopic (exact) mass is 326 g/mol. The number of rotatable bonds is 7. The van der Waals surface area contributed by atoms with Gasteiger partial charge in [0.1, 0.15) is 11.7 Å². The lowest BCUT2D eigenvalue weighted by atomic mass is 10.1. The highest BCUT2D eigenvalue weighted by molar-refractivity contribution is 5.81. The molecule has 10 nitrogen and oxygen atoms in total. The Morgan fingerprint density at radius 2 is 2.09 bits per heavy atom. The molecule has 1 fully saturated rings. The highest BCUT2D eigenvalue weighted by Crippen LogP contribution is 2.18. The van der Waals surface area contributed by atoms with Crippen molar-refractivity contribution < 1.29 is 19.8 Å². The number of carboxylic acids is 1. The molecule has 0 spiro atoms. The molecule has 1 aromatic rings. The van der Waals surface area contributed by atoms with Crippen LogP contribution in [0.2, 0.25) is 0 Å². The maximum absolute atomic E-state index is 12.7. The lowest BCUT2D eigenvalue weighted by molar-refractivity contribution is -0.139. The fourth-order valence-corrected chi connectivity index (χ4v) is 2.43. The van der Waals surface area contributed by atoms with Crippen molar-refractivity contribution in [2.75, 3.05) is 32.8 Å². The minimum Gasteiger partial charge on any atom is -0.481 e. The molecule has 1 aromatic heterocycles. The minimum atomic E-state index is -0.976. The number of aliphatic hydroxyl groups excluding tert-OH is 1. The van der Waals surface area contributed by atoms with E-state index in [1.807, 2.05) is 0 Å². The van der Waals surface area contributed by atoms with Gasteiger partial charge in [0, 0.05) is 32.6 Å². The number of aromatic nitrogens is 3. The van der Waals surface area contributed by atoms with E-state index in [0.717, 1.165) is 0 Å². The van der Waals surface area contributed by atoms with Crippen molar-refractivity contribution in [1.82, 2.24) is 25.2 Å². The molecule has 2 heterocycles. The number of carbonyl (C=O) groups is 2. The van der Waals surface area contributed by atoms with Crippen LogP contribution in [0.5, 0.6) is 0 Å². The second-order valence-electron chi connectivity index (χ2n) is 5.44. The summed E-state index contributed by atoms with van der Waals surface area (Å²) in [5.74, 6) is -1.16. The Balaban J connectivity index is 2.16. The zero-order valence-corrected chi connectivity index (χ0v) is 12.8. The van der Waals surface area contributed by atoms with E-state index in [-0.39, 0.29) is 25.4 Å². The van der Waals surface area contributed by atoms with E-state index in [1.165, 1.54) is 10.9 Å². The summed E-state index contributed by atoms with van der Waals surface area (Å²) in [5.41, 5.74) is 6.05. The zero-order chi connectivity index (χ0) is 16.8. The molecule has 0 saturated carbocycles. The number of nitrogens with zero attached hydrogens (tertiary/aromatic N) is 4. The molecule has 0 aromatic carbocycles. The largest absolute Gasteiger partial charge is 0.481 e. The number of aliphatic hydroxyl groups is 1. The molecule has 1 aliphatic heterocycles. The van der Waals surface area contributed by atoms with Crippen molar-refractivity contribution in [2.24, 2.45) is 5.73 Å². The second kappa shape index (κ2) is 7.99. The maximum Gasteiger partial charge on any atom is 0.303 e. The van der Waals surface area contributed by atoms with E-state index in [0.29, 0.717) is 31.9 Å². The van der Waals surface area contributed by atoms with Crippen molar-refractivity contribution in [3.63, 3.8) is 0 Å². The summed E-state index contributed by atoms with van der Waals surface area (Å²) in [4.78, 5) is 25.2. The Bertz CT molecular complexity index is 542. The van der Waals surface area contributed by atoms with Crippen LogP contribution in [0.1, 0.15) is 30.6 Å². The van der Waals surface area contributed by atoms with Crippen LogP contribution in [-0.2, 0) is 9.59 Å². The first-order valence-electron chi connectivity index (χ1n) is 7.52. The lowest BCUT2D eigenvalue weighted by Gasteiger charge is -2.30. The van der Waals surface area contributed by atoms with Gasteiger partial charge in [-0.3, -0.25) is 9.59 Å². The second-order valence-corrected chi connectivity index (χ2v) is 5.44. The smallest absolute Gasteiger partial charge is 0.303 e. The Kier molecular flexibility index (Phi) is 6.02. The van der Waals surface area contributed by atoms with Gasteiger partial charge < -0.3 is 26.2 Å². The quantitative estimate of drug-likeness (QED) is 0.455. The number of carbonyl (C=O) groups excluding carboxylic acids is 1. The fourth-order valence-electron chi connectivity index (χ4n) is 2.43. The molecule has 0 radical (unpaired) electrons. The number of piperazine rings is 1. The molecular weight excluding hydrogens is 304 g/mol. The van der Waals surface area contributed by atoms with Crippen molar-refractivity contribution in [3.05, 3.63) is 11.9 Å². The van der Waals surface area contributed by atoms with Crippen LogP contribution in [0.25, 0.3) is 0 Å². The van der Waals surface area contributed by atoms with Crippen molar-refractivity contribution in [3.8, 4) is 0 Å². The predicted molar refractivity (Wildman–Crippen MR) is 79.4 cm³/mol. The van der Waals surface area contributed by atoms with Gasteiger partial charge in [-0.25, -0.2) is 4.68 Å². The first kappa shape index (κ1) is 17.3. The van der Waals surface area contributed by atoms with Crippen LogP contribution in [0, 0.1) is 0 Å². The Hall–Kier alpha value is -2.04. The average molecular weight is 326 g/mol. The number of carboxylic acid groups (broad SMARTS) is 1. The SMILES string of the molecule is N[C@@H](CO)c1cn(C(CCC(=O)O)C(=O)N2CCNCC2)nn1. The van der Waals surface area contributed by atoms with Gasteiger partial charge in [0.25, 0.3) is 0 Å². The molecule has 1 amide bonds. The molecule has 1 saturated heterocycles. The normalized spacial score (nSPS) is 17.7. The van der Waals surface area contributed by atoms with E-state index in [4.69, 9.17) is 15.9 Å². The first-order valence-corrected chi connectivity index (χ1v) is 7.52. The van der Waals surface area contributed by atoms with Gasteiger partial charge in [0.2, 0.25) is 5.91 Å². The number of aliphatic carboxylic acids is 1. The molecule has 1 unspecified atom stereocenters. The molecule has 5 N–H and O–H groups in total. The van der Waals surface area contributed by atoms with Gasteiger partial charge >= 0.3 is 5.97 Å². The van der Waals surface area contributed by atoms with E-state index >= 15 is 0 Å². The van der Waals surface area contributed by atoms with Gasteiger partial charge in [0.15, 0.2) is 0 Å². The van der Waals surface area contributed by atoms with E-state index in [2.05, 4.69) is 15.6 Å². The van der Waals surface area contributed by atoms with Crippen LogP contribution in [0.4, 0.5) is 0 Å². The maximum atomic E-state index is 12.7. The third kappa shape index (κ3) is 4.47. The molecule has 0 bridgehead atoms. The summed E-state index contributed by atoms with van der Waals surface area (Å²) in [6.45, 7) is 2.26. The molecule has 128 valence electrons. The summed E-state index contributed by atoms with van der Waals surface area (Å²) in [5, 5.41) is 28.9. The van der Waals surface area contributed by atoms with Gasteiger partial charge in [-0.15, -0.1) is 5.10 Å². The summed E-state index contributed by atoms with van der Waals surface area (Å²) in [6.07, 6.45) is 1.46. The number of amides is 1. The van der Waals surface area contributed by atoms with Gasteiger partial charge in [0.05, 0.1) is 18.8 Å². The summed E-state index contributed by atoms with van der Waals surface area (Å²) >= 11 is 0. The summed E-state index contributed by atoms with van der Waals surface area (Å²) < 4.78 is 1.35. The number of nitrogens with one attached hydrogen (secondary N) is 1. The lowest BCUT2D eigenvalue weighted by Crippen LogP contribution is -2.48. The molecule has 10 heteroatoms. The highest BCUT2D eigenvalue weighted by Gasteiger charge is 2.29. The summed E-state index contributed by atoms with van der Waals surface area (Å²) in [6, 6.07) is -1.42. The van der Waals surface area contributed by atoms with Crippen molar-refractivity contribution in [2.45, 2.75) is 24.9 Å². The number of hydrogen-bond acceptors (Lipinski definition) is 7. The molecule has 2 atom stereocenters. The highest BCUT2D eigenvalue weighted by atomic mass is 16.4. The van der Waals surface area contributed by atoms with Crippen LogP contribution < -0.4 is 11.1 Å². The minimum absolute atomic E-state index is 0.120. The van der Waals surface area contributed by atoms with Crippen molar-refractivity contribution >= 4 is 11.9 Å². The fraction of sp³-hybridized carbons (Fsp3) is 0.692. The van der Waals surface area contributed by atoms with Gasteiger partial charge in [-0.05, 0) is 6.42 Å². The molecule has 0 aliphatic carbocycles. The van der Waals surface area contributed by atoms with Gasteiger partial charge in [-0.2, -0.15) is 0 Å². The Morgan fingerprint density at radius 1 is 1.39 bits per heavy atom. The van der Waals surface area contributed by atoms with Crippen LogP contribution in [0.15, 0.2) is 6.20 Å². The van der Waals surface area contributed by atoms with Gasteiger partial charge in [-0.1, -0.05) is 5.21 Å². The number of nitrogens with two attached hydrogens (primary N) is 1. The van der Waals surface area contributed by atoms with Crippen molar-refractivity contribution in [1.29, 1.82) is 0 Å². The third-order valence-electron chi connectivity index (χ3n) is 3.77. The van der Waals surface area contributed by atoms with Crippen LogP contribution in [-0.4, -0.2) is 74.8 Å². The Morgan fingerprint density at radius 3 is 2.70 bits per heavy atom. The van der Waals surface area contributed by atoms with E-state index < -0.39 is 18.1 Å². The molecule has 1 aliphatic rings. The number of hydrogen-bond donors (Lipinski definition) is 4. The third-order valence-corrected chi connectivity index (χ3v) is 3.77. The standard InChI is InChI=1S/C13H22N6O4/c14-9(8-20)10-7-19(17-16-10)11(1-2-12(21)22)13(23)18-5-3-15-4-6-18/h7,9,11,15,20H,1-6,8,14H2,(H,21,22)/t9-,11?/m0/s1. The van der Waals surface area contributed by atoms with Crippen LogP contribution >= 0.6 is 0 Å².